The van der Waals surface area contributed by atoms with E-state index in [1.165, 1.54) is 0 Å². The average molecular weight is 468 g/mol. The molecule has 1 aliphatic rings. The van der Waals surface area contributed by atoms with Gasteiger partial charge in [0.2, 0.25) is 11.5 Å². The van der Waals surface area contributed by atoms with E-state index in [1.807, 2.05) is 0 Å². The summed E-state index contributed by atoms with van der Waals surface area (Å²) in [5.41, 5.74) is -3.58. The van der Waals surface area contributed by atoms with Gasteiger partial charge in [-0.25, -0.2) is 9.59 Å². The first-order valence-corrected chi connectivity index (χ1v) is 8.87. The summed E-state index contributed by atoms with van der Waals surface area (Å²) in [5.74, 6) is -12.5. The summed E-state index contributed by atoms with van der Waals surface area (Å²) in [6, 6.07) is 0.995. The quantitative estimate of drug-likeness (QED) is 0.181. The van der Waals surface area contributed by atoms with Crippen molar-refractivity contribution in [3.05, 3.63) is 23.3 Å². The molecule has 0 saturated heterocycles. The summed E-state index contributed by atoms with van der Waals surface area (Å²) in [5, 5.41) is 99.3. The van der Waals surface area contributed by atoms with E-state index in [4.69, 9.17) is 9.84 Å². The number of aromatic hydroxyl groups is 6. The number of phenols is 6. The van der Waals surface area contributed by atoms with Crippen LogP contribution in [0.25, 0.3) is 11.1 Å². The van der Waals surface area contributed by atoms with Crippen molar-refractivity contribution in [3.63, 3.8) is 0 Å². The maximum absolute atomic E-state index is 13.0. The number of aliphatic hydroxyl groups excluding tert-OH is 3. The number of carbonyl (C=O) groups excluding carboxylic acids is 2. The Hall–Kier alpha value is -4.27. The van der Waals surface area contributed by atoms with E-state index in [1.54, 1.807) is 0 Å². The van der Waals surface area contributed by atoms with Crippen LogP contribution in [0.5, 0.6) is 34.5 Å². The number of carboxylic acids is 1. The summed E-state index contributed by atoms with van der Waals surface area (Å²) in [4.78, 5) is 36.8. The lowest BCUT2D eigenvalue weighted by atomic mass is 9.88. The molecule has 4 unspecified atom stereocenters. The molecule has 10 N–H and O–H groups in total. The monoisotopic (exact) mass is 468 g/mol. The zero-order valence-corrected chi connectivity index (χ0v) is 16.1. The minimum Gasteiger partial charge on any atom is -0.504 e. The molecule has 33 heavy (non-hydrogen) atoms. The molecular weight excluding hydrogens is 452 g/mol. The van der Waals surface area contributed by atoms with Crippen LogP contribution in [0.4, 0.5) is 0 Å². The highest BCUT2D eigenvalue weighted by atomic mass is 16.6. The number of ether oxygens (including phenoxy) is 1. The number of esters is 1. The lowest BCUT2D eigenvalue weighted by Gasteiger charge is -2.27. The predicted molar refractivity (Wildman–Crippen MR) is 101 cm³/mol. The van der Waals surface area contributed by atoms with Gasteiger partial charge in [0.25, 0.3) is 0 Å². The average Bonchev–Trinajstić information content (AvgIpc) is 2.79. The van der Waals surface area contributed by atoms with Crippen LogP contribution < -0.4 is 0 Å². The highest BCUT2D eigenvalue weighted by molar-refractivity contribution is 6.12. The number of rotatable bonds is 3. The Bertz CT molecular complexity index is 1190. The lowest BCUT2D eigenvalue weighted by Crippen LogP contribution is -2.52. The minimum atomic E-state index is -2.66. The Kier molecular flexibility index (Phi) is 5.68. The SMILES string of the molecule is O=C1OC(C(O)C(O)C(=O)O)C(O)C(=O)c2cc(O)c(O)c(O)c2-c2c1cc(O)c(O)c2O. The number of ketones is 1. The van der Waals surface area contributed by atoms with Crippen LogP contribution >= 0.6 is 0 Å². The Balaban J connectivity index is 2.43. The number of Topliss-reactive ketones (excluding diaryl/α,β-unsaturated/α-hetero) is 1. The molecule has 4 atom stereocenters. The topological polar surface area (TPSA) is 263 Å². The molecule has 1 heterocycles. The summed E-state index contributed by atoms with van der Waals surface area (Å²) < 4.78 is 4.80. The number of carbonyl (C=O) groups is 3. The minimum absolute atomic E-state index is 0.496. The normalized spacial score (nSPS) is 19.8. The number of fused-ring (bicyclic) bond motifs is 3. The van der Waals surface area contributed by atoms with Gasteiger partial charge in [-0.2, -0.15) is 0 Å². The Morgan fingerprint density at radius 3 is 1.76 bits per heavy atom. The lowest BCUT2D eigenvalue weighted by molar-refractivity contribution is -0.161. The molecule has 2 aromatic carbocycles. The second-order valence-electron chi connectivity index (χ2n) is 6.98. The van der Waals surface area contributed by atoms with Gasteiger partial charge >= 0.3 is 11.9 Å². The number of aliphatic hydroxyl groups is 3. The third kappa shape index (κ3) is 3.57. The van der Waals surface area contributed by atoms with Crippen molar-refractivity contribution in [1.29, 1.82) is 0 Å². The van der Waals surface area contributed by atoms with E-state index in [2.05, 4.69) is 0 Å². The van der Waals surface area contributed by atoms with E-state index < -0.39 is 98.9 Å². The molecule has 14 heteroatoms. The van der Waals surface area contributed by atoms with Crippen LogP contribution in [0.1, 0.15) is 20.7 Å². The number of phenolic OH excluding ortho intramolecular Hbond substituents is 6. The van der Waals surface area contributed by atoms with Crippen molar-refractivity contribution >= 4 is 17.7 Å². The van der Waals surface area contributed by atoms with Crippen LogP contribution in [0, 0.1) is 0 Å². The van der Waals surface area contributed by atoms with Gasteiger partial charge in [0.05, 0.1) is 5.56 Å². The molecule has 176 valence electrons. The van der Waals surface area contributed by atoms with E-state index in [0.29, 0.717) is 12.1 Å². The number of aliphatic carboxylic acids is 1. The summed E-state index contributed by atoms with van der Waals surface area (Å²) in [6.45, 7) is 0. The fraction of sp³-hybridized carbons (Fsp3) is 0.211. The summed E-state index contributed by atoms with van der Waals surface area (Å²) >= 11 is 0. The molecule has 0 radical (unpaired) electrons. The first-order chi connectivity index (χ1) is 15.3. The molecule has 2 aromatic rings. The van der Waals surface area contributed by atoms with Gasteiger partial charge in [-0.1, -0.05) is 0 Å². The molecular formula is C19H16O14. The first-order valence-electron chi connectivity index (χ1n) is 8.87. The number of hydrogen-bond acceptors (Lipinski definition) is 13. The molecule has 0 fully saturated rings. The van der Waals surface area contributed by atoms with Gasteiger partial charge in [-0.3, -0.25) is 4.79 Å². The van der Waals surface area contributed by atoms with E-state index in [-0.39, 0.29) is 0 Å². The van der Waals surface area contributed by atoms with Gasteiger partial charge in [-0.15, -0.1) is 0 Å². The van der Waals surface area contributed by atoms with E-state index >= 15 is 0 Å². The van der Waals surface area contributed by atoms with Gasteiger partial charge in [0, 0.05) is 16.7 Å². The zero-order valence-electron chi connectivity index (χ0n) is 16.1. The molecule has 3 rings (SSSR count). The number of hydrogen-bond donors (Lipinski definition) is 10. The van der Waals surface area contributed by atoms with Crippen molar-refractivity contribution < 1.29 is 70.2 Å². The van der Waals surface area contributed by atoms with Crippen LogP contribution in [0.3, 0.4) is 0 Å². The van der Waals surface area contributed by atoms with Crippen molar-refractivity contribution in [2.24, 2.45) is 0 Å². The maximum Gasteiger partial charge on any atom is 0.339 e. The van der Waals surface area contributed by atoms with Gasteiger partial charge in [0.15, 0.2) is 47.1 Å². The molecule has 0 spiro atoms. The van der Waals surface area contributed by atoms with Gasteiger partial charge < -0.3 is 55.8 Å². The van der Waals surface area contributed by atoms with Crippen LogP contribution in [0.2, 0.25) is 0 Å². The summed E-state index contributed by atoms with van der Waals surface area (Å²) in [7, 11) is 0. The number of benzene rings is 2. The summed E-state index contributed by atoms with van der Waals surface area (Å²) in [6.07, 6.45) is -10.3. The highest BCUT2D eigenvalue weighted by Gasteiger charge is 2.45. The molecule has 0 amide bonds. The third-order valence-corrected chi connectivity index (χ3v) is 4.98. The van der Waals surface area contributed by atoms with Crippen molar-refractivity contribution in [1.82, 2.24) is 0 Å². The van der Waals surface area contributed by atoms with Crippen molar-refractivity contribution in [2.75, 3.05) is 0 Å². The number of cyclic esters (lactones) is 1. The highest BCUT2D eigenvalue weighted by Crippen LogP contribution is 2.53. The van der Waals surface area contributed by atoms with Gasteiger partial charge in [0.1, 0.15) is 6.10 Å². The standard InChI is InChI=1S/C19H16O14/c20-5-1-3-7(12(25)10(5)23)8-4(2-6(21)11(24)13(8)26)19(32)33-17(14(27)9(3)22)15(28)16(29)18(30)31/h1-2,14-17,20-21,23-29H,(H,30,31). The number of carboxylic acid groups (broad SMARTS) is 1. The zero-order chi connectivity index (χ0) is 24.9. The van der Waals surface area contributed by atoms with E-state index in [9.17, 15) is 60.3 Å². The fourth-order valence-corrected chi connectivity index (χ4v) is 3.29. The first kappa shape index (κ1) is 23.4. The van der Waals surface area contributed by atoms with E-state index in [0.717, 1.165) is 0 Å². The second kappa shape index (κ2) is 8.01. The maximum atomic E-state index is 13.0. The van der Waals surface area contributed by atoms with Crippen molar-refractivity contribution in [2.45, 2.75) is 24.4 Å². The molecule has 0 aliphatic carbocycles. The molecule has 14 nitrogen and oxygen atoms in total. The second-order valence-corrected chi connectivity index (χ2v) is 6.98. The Labute approximate surface area is 182 Å². The largest absolute Gasteiger partial charge is 0.504 e. The van der Waals surface area contributed by atoms with Crippen LogP contribution in [-0.2, 0) is 9.53 Å². The van der Waals surface area contributed by atoms with Crippen LogP contribution in [-0.4, -0.2) is 93.2 Å². The third-order valence-electron chi connectivity index (χ3n) is 4.98. The molecule has 1 aliphatic heterocycles. The predicted octanol–water partition coefficient (Wildman–Crippen LogP) is -1.52. The molecule has 0 saturated carbocycles. The smallest absolute Gasteiger partial charge is 0.339 e. The van der Waals surface area contributed by atoms with Crippen LogP contribution in [0.15, 0.2) is 12.1 Å². The fourth-order valence-electron chi connectivity index (χ4n) is 3.29. The van der Waals surface area contributed by atoms with Crippen molar-refractivity contribution in [3.8, 4) is 45.6 Å². The Morgan fingerprint density at radius 1 is 0.818 bits per heavy atom. The molecule has 0 aromatic heterocycles. The van der Waals surface area contributed by atoms with Gasteiger partial charge in [-0.05, 0) is 12.1 Å². The molecule has 0 bridgehead atoms. The Morgan fingerprint density at radius 2 is 1.27 bits per heavy atom.